The van der Waals surface area contributed by atoms with Gasteiger partial charge in [-0.3, -0.25) is 9.79 Å². The van der Waals surface area contributed by atoms with Gasteiger partial charge < -0.3 is 25.4 Å². The molecule has 0 bridgehead atoms. The molecule has 0 aliphatic heterocycles. The third-order valence-electron chi connectivity index (χ3n) is 4.89. The van der Waals surface area contributed by atoms with Crippen molar-refractivity contribution < 1.29 is 14.3 Å². The fourth-order valence-electron chi connectivity index (χ4n) is 3.30. The Hall–Kier alpha value is -3.22. The van der Waals surface area contributed by atoms with Crippen LogP contribution in [0.15, 0.2) is 47.5 Å². The summed E-state index contributed by atoms with van der Waals surface area (Å²) in [6.07, 6.45) is 2.66. The number of hydrogen-bond donors (Lipinski definition) is 3. The van der Waals surface area contributed by atoms with Crippen LogP contribution in [0, 0.1) is 0 Å². The van der Waals surface area contributed by atoms with Gasteiger partial charge in [0.25, 0.3) is 5.91 Å². The molecule has 3 N–H and O–H groups in total. The van der Waals surface area contributed by atoms with Crippen molar-refractivity contribution in [1.82, 2.24) is 16.0 Å². The Balaban J connectivity index is 1.84. The molecular formula is C25H36N4O3. The second-order valence-corrected chi connectivity index (χ2v) is 7.24. The second-order valence-electron chi connectivity index (χ2n) is 7.24. The summed E-state index contributed by atoms with van der Waals surface area (Å²) in [4.78, 5) is 16.5. The number of ether oxygens (including phenoxy) is 2. The summed E-state index contributed by atoms with van der Waals surface area (Å²) in [6, 6.07) is 13.8. The molecule has 7 nitrogen and oxygen atoms in total. The van der Waals surface area contributed by atoms with Crippen molar-refractivity contribution in [2.24, 2.45) is 4.99 Å². The van der Waals surface area contributed by atoms with Crippen molar-refractivity contribution in [2.75, 3.05) is 40.4 Å². The van der Waals surface area contributed by atoms with Crippen molar-refractivity contribution in [3.63, 3.8) is 0 Å². The van der Waals surface area contributed by atoms with Gasteiger partial charge in [-0.05, 0) is 68.5 Å². The van der Waals surface area contributed by atoms with Crippen LogP contribution < -0.4 is 25.4 Å². The summed E-state index contributed by atoms with van der Waals surface area (Å²) in [5.41, 5.74) is 2.99. The maximum Gasteiger partial charge on any atom is 0.251 e. The van der Waals surface area contributed by atoms with E-state index in [1.807, 2.05) is 43.3 Å². The molecule has 0 spiro atoms. The summed E-state index contributed by atoms with van der Waals surface area (Å²) >= 11 is 0. The van der Waals surface area contributed by atoms with Gasteiger partial charge >= 0.3 is 0 Å². The molecule has 0 heterocycles. The van der Waals surface area contributed by atoms with Crippen LogP contribution in [0.5, 0.6) is 11.5 Å². The van der Waals surface area contributed by atoms with Gasteiger partial charge in [0.15, 0.2) is 17.5 Å². The summed E-state index contributed by atoms with van der Waals surface area (Å²) in [5.74, 6) is 2.28. The van der Waals surface area contributed by atoms with E-state index < -0.39 is 0 Å². The molecule has 0 aliphatic rings. The predicted octanol–water partition coefficient (Wildman–Crippen LogP) is 3.18. The zero-order valence-electron chi connectivity index (χ0n) is 19.7. The molecule has 7 heteroatoms. The third kappa shape index (κ3) is 8.13. The maximum atomic E-state index is 11.8. The number of carbonyl (C=O) groups is 1. The number of nitrogens with one attached hydrogen (secondary N) is 3. The molecule has 0 unspecified atom stereocenters. The monoisotopic (exact) mass is 440 g/mol. The molecule has 0 saturated heterocycles. The molecule has 1 amide bonds. The molecule has 0 radical (unpaired) electrons. The van der Waals surface area contributed by atoms with Gasteiger partial charge in [0.1, 0.15) is 0 Å². The van der Waals surface area contributed by atoms with Gasteiger partial charge in [0.05, 0.1) is 13.7 Å². The van der Waals surface area contributed by atoms with Crippen LogP contribution in [-0.2, 0) is 12.8 Å². The highest BCUT2D eigenvalue weighted by atomic mass is 16.5. The van der Waals surface area contributed by atoms with E-state index in [-0.39, 0.29) is 5.91 Å². The van der Waals surface area contributed by atoms with Crippen molar-refractivity contribution in [1.29, 1.82) is 0 Å². The number of methoxy groups -OCH3 is 1. The minimum absolute atomic E-state index is 0.0695. The fourth-order valence-corrected chi connectivity index (χ4v) is 3.30. The van der Waals surface area contributed by atoms with Crippen LogP contribution in [0.1, 0.15) is 41.8 Å². The molecule has 2 rings (SSSR count). The van der Waals surface area contributed by atoms with E-state index in [0.29, 0.717) is 12.2 Å². The van der Waals surface area contributed by atoms with Gasteiger partial charge in [0.2, 0.25) is 0 Å². The molecule has 174 valence electrons. The van der Waals surface area contributed by atoms with Gasteiger partial charge in [-0.25, -0.2) is 0 Å². The standard InChI is InChI=1S/C25H36N4O3/c1-5-27-25(29-16-14-20-9-7-11-21(17-20)24(30)26-3)28-15-8-10-19-12-13-22(31-4)23(18-19)32-6-2/h7,9,11-13,17-18H,5-6,8,10,14-16H2,1-4H3,(H,26,30)(H2,27,28,29). The Labute approximate surface area is 191 Å². The number of rotatable bonds is 12. The highest BCUT2D eigenvalue weighted by Crippen LogP contribution is 2.28. The Kier molecular flexibility index (Phi) is 10.9. The zero-order valence-corrected chi connectivity index (χ0v) is 19.7. The largest absolute Gasteiger partial charge is 0.493 e. The smallest absolute Gasteiger partial charge is 0.251 e. The van der Waals surface area contributed by atoms with E-state index in [2.05, 4.69) is 33.9 Å². The number of amides is 1. The lowest BCUT2D eigenvalue weighted by molar-refractivity contribution is 0.0963. The number of guanidine groups is 1. The average Bonchev–Trinajstić information content (AvgIpc) is 2.82. The molecular weight excluding hydrogens is 404 g/mol. The molecule has 0 aromatic heterocycles. The Morgan fingerprint density at radius 2 is 1.81 bits per heavy atom. The van der Waals surface area contributed by atoms with Crippen molar-refractivity contribution in [3.05, 3.63) is 59.2 Å². The van der Waals surface area contributed by atoms with Crippen LogP contribution in [0.3, 0.4) is 0 Å². The van der Waals surface area contributed by atoms with Gasteiger partial charge in [0, 0.05) is 32.2 Å². The molecule has 32 heavy (non-hydrogen) atoms. The summed E-state index contributed by atoms with van der Waals surface area (Å²) in [6.45, 7) is 6.88. The quantitative estimate of drug-likeness (QED) is 0.268. The number of carbonyl (C=O) groups excluding carboxylic acids is 1. The van der Waals surface area contributed by atoms with Gasteiger partial charge in [-0.2, -0.15) is 0 Å². The van der Waals surface area contributed by atoms with Crippen LogP contribution >= 0.6 is 0 Å². The predicted molar refractivity (Wildman–Crippen MR) is 130 cm³/mol. The third-order valence-corrected chi connectivity index (χ3v) is 4.89. The first-order valence-corrected chi connectivity index (χ1v) is 11.2. The molecule has 2 aromatic rings. The van der Waals surface area contributed by atoms with Crippen molar-refractivity contribution in [2.45, 2.75) is 33.1 Å². The average molecular weight is 441 g/mol. The van der Waals surface area contributed by atoms with E-state index in [1.165, 1.54) is 5.56 Å². The van der Waals surface area contributed by atoms with Crippen LogP contribution in [0.4, 0.5) is 0 Å². The highest BCUT2D eigenvalue weighted by Gasteiger charge is 2.06. The lowest BCUT2D eigenvalue weighted by Crippen LogP contribution is -2.38. The minimum Gasteiger partial charge on any atom is -0.493 e. The number of benzene rings is 2. The minimum atomic E-state index is -0.0695. The first-order valence-electron chi connectivity index (χ1n) is 11.2. The normalized spacial score (nSPS) is 11.1. The summed E-state index contributed by atoms with van der Waals surface area (Å²) in [5, 5.41) is 9.32. The summed E-state index contributed by atoms with van der Waals surface area (Å²) < 4.78 is 11.0. The molecule has 0 saturated carbocycles. The molecule has 0 fully saturated rings. The SMILES string of the molecule is CCNC(=NCCCc1ccc(OC)c(OCC)c1)NCCc1cccc(C(=O)NC)c1. The fraction of sp³-hybridized carbons (Fsp3) is 0.440. The van der Waals surface area contributed by atoms with Crippen LogP contribution in [0.25, 0.3) is 0 Å². The van der Waals surface area contributed by atoms with E-state index in [0.717, 1.165) is 61.9 Å². The number of aryl methyl sites for hydroxylation is 1. The topological polar surface area (TPSA) is 84.0 Å². The number of hydrogen-bond acceptors (Lipinski definition) is 4. The highest BCUT2D eigenvalue weighted by molar-refractivity contribution is 5.94. The second kappa shape index (κ2) is 14.0. The Morgan fingerprint density at radius 1 is 1.00 bits per heavy atom. The molecule has 2 aromatic carbocycles. The lowest BCUT2D eigenvalue weighted by Gasteiger charge is -2.12. The van der Waals surface area contributed by atoms with E-state index in [4.69, 9.17) is 9.47 Å². The Morgan fingerprint density at radius 3 is 2.53 bits per heavy atom. The van der Waals surface area contributed by atoms with Crippen molar-refractivity contribution >= 4 is 11.9 Å². The van der Waals surface area contributed by atoms with E-state index in [1.54, 1.807) is 14.2 Å². The first kappa shape index (κ1) is 25.0. The van der Waals surface area contributed by atoms with Crippen LogP contribution in [0.2, 0.25) is 0 Å². The zero-order chi connectivity index (χ0) is 23.2. The maximum absolute atomic E-state index is 11.8. The van der Waals surface area contributed by atoms with E-state index in [9.17, 15) is 4.79 Å². The first-order chi connectivity index (χ1) is 15.6. The van der Waals surface area contributed by atoms with Crippen LogP contribution in [-0.4, -0.2) is 52.3 Å². The number of nitrogens with zero attached hydrogens (tertiary/aromatic N) is 1. The molecule has 0 aliphatic carbocycles. The van der Waals surface area contributed by atoms with E-state index >= 15 is 0 Å². The molecule has 0 atom stereocenters. The lowest BCUT2D eigenvalue weighted by atomic mass is 10.1. The summed E-state index contributed by atoms with van der Waals surface area (Å²) in [7, 11) is 3.29. The van der Waals surface area contributed by atoms with Crippen molar-refractivity contribution in [3.8, 4) is 11.5 Å². The Bertz CT molecular complexity index is 883. The van der Waals surface area contributed by atoms with Gasteiger partial charge in [-0.1, -0.05) is 18.2 Å². The number of aliphatic imine (C=N–C) groups is 1. The van der Waals surface area contributed by atoms with Gasteiger partial charge in [-0.15, -0.1) is 0 Å².